The van der Waals surface area contributed by atoms with E-state index in [-0.39, 0.29) is 0 Å². The smallest absolute Gasteiger partial charge is 0.235 e. The number of rotatable bonds is 5. The number of hydrogen-bond acceptors (Lipinski definition) is 9. The summed E-state index contributed by atoms with van der Waals surface area (Å²) in [7, 11) is 0. The lowest BCUT2D eigenvalue weighted by Crippen LogP contribution is -2.06. The van der Waals surface area contributed by atoms with Crippen LogP contribution in [0.5, 0.6) is 0 Å². The molecule has 0 spiro atoms. The summed E-state index contributed by atoms with van der Waals surface area (Å²) in [5.41, 5.74) is 29.5. The minimum atomic E-state index is 0.626. The molecule has 2 aliphatic carbocycles. The molecule has 0 unspecified atom stereocenters. The summed E-state index contributed by atoms with van der Waals surface area (Å²) in [6.45, 7) is 0. The molecule has 0 fully saturated rings. The number of hydrogen-bond donors (Lipinski definition) is 0. The van der Waals surface area contributed by atoms with Gasteiger partial charge in [0, 0.05) is 111 Å². The van der Waals surface area contributed by atoms with Gasteiger partial charge >= 0.3 is 0 Å². The Bertz CT molecular complexity index is 10600. The average molecular weight is 1750 g/mol. The molecule has 33 rings (SSSR count). The van der Waals surface area contributed by atoms with E-state index in [1.807, 2.05) is 0 Å². The number of aromatic nitrogens is 9. The van der Waals surface area contributed by atoms with Crippen LogP contribution in [-0.4, -0.2) is 43.6 Å². The van der Waals surface area contributed by atoms with Gasteiger partial charge in [0.15, 0.2) is 0 Å². The van der Waals surface area contributed by atoms with Gasteiger partial charge < -0.3 is 0 Å². The van der Waals surface area contributed by atoms with Gasteiger partial charge in [0.25, 0.3) is 0 Å². The molecule has 0 N–H and O–H groups in total. The molecule has 0 atom stereocenters. The van der Waals surface area contributed by atoms with Gasteiger partial charge in [-0.25, -0.2) is 29.9 Å². The molecule has 3 aliphatic heterocycles. The van der Waals surface area contributed by atoms with Crippen LogP contribution in [0.25, 0.3) is 303 Å². The van der Waals surface area contributed by atoms with Crippen molar-refractivity contribution in [2.75, 3.05) is 0 Å². The van der Waals surface area contributed by atoms with E-state index in [2.05, 4.69) is 384 Å². The molecule has 6 aromatic heterocycles. The van der Waals surface area contributed by atoms with E-state index < -0.39 is 0 Å². The Hall–Kier alpha value is -16.6. The van der Waals surface area contributed by atoms with E-state index in [1.165, 1.54) is 150 Å². The molecule has 0 radical (unpaired) electrons. The maximum atomic E-state index is 5.86. The topological polar surface area (TPSA) is 92.1 Å². The molecule has 22 aromatic carbocycles. The Morgan fingerprint density at radius 2 is 0.582 bits per heavy atom. The second-order valence-corrected chi connectivity index (χ2v) is 39.6. The minimum Gasteiger partial charge on any atom is -0.278 e. The Balaban J connectivity index is 0.595. The van der Waals surface area contributed by atoms with Gasteiger partial charge in [-0.15, -0.1) is 0 Å². The van der Waals surface area contributed by atoms with Gasteiger partial charge in [-0.05, 0) is 234 Å². The van der Waals surface area contributed by atoms with Crippen molar-refractivity contribution in [3.8, 4) is 118 Å². The van der Waals surface area contributed by atoms with Crippen molar-refractivity contribution in [2.45, 2.75) is 29.4 Å². The van der Waals surface area contributed by atoms with Crippen LogP contribution in [0.2, 0.25) is 0 Å². The Labute approximate surface area is 775 Å². The molecule has 134 heavy (non-hydrogen) atoms. The quantitative estimate of drug-likeness (QED) is 0.156. The second-order valence-electron chi connectivity index (χ2n) is 36.4. The summed E-state index contributed by atoms with van der Waals surface area (Å²) in [4.78, 5) is 41.5. The normalized spacial score (nSPS) is 13.1. The predicted molar refractivity (Wildman–Crippen MR) is 557 cm³/mol. The fourth-order valence-electron chi connectivity index (χ4n) is 24.4. The molecule has 9 nitrogen and oxygen atoms in total. The highest BCUT2D eigenvalue weighted by Crippen LogP contribution is 2.60. The first-order valence-electron chi connectivity index (χ1n) is 45.6. The van der Waals surface area contributed by atoms with Crippen molar-refractivity contribution in [1.82, 2.24) is 43.6 Å². The molecule has 612 valence electrons. The van der Waals surface area contributed by atoms with Gasteiger partial charge in [0.05, 0.1) is 66.7 Å². The largest absolute Gasteiger partial charge is 0.278 e. The monoisotopic (exact) mass is 1750 g/mol. The van der Waals surface area contributed by atoms with Gasteiger partial charge in [0.2, 0.25) is 17.8 Å². The van der Waals surface area contributed by atoms with Crippen LogP contribution in [0.4, 0.5) is 0 Å². The summed E-state index contributed by atoms with van der Waals surface area (Å²) < 4.78 is 7.18. The molecular weight excluding hydrogens is 1690 g/mol. The van der Waals surface area contributed by atoms with Crippen LogP contribution in [0.15, 0.2) is 399 Å². The third-order valence-corrected chi connectivity index (χ3v) is 33.2. The third kappa shape index (κ3) is 9.19. The Morgan fingerprint density at radius 3 is 1.23 bits per heavy atom. The van der Waals surface area contributed by atoms with Crippen molar-refractivity contribution in [3.63, 3.8) is 0 Å². The van der Waals surface area contributed by atoms with Gasteiger partial charge in [-0.3, -0.25) is 13.7 Å². The molecule has 9 heterocycles. The third-order valence-electron chi connectivity index (χ3n) is 29.8. The van der Waals surface area contributed by atoms with Crippen LogP contribution in [0.1, 0.15) is 0 Å². The minimum absolute atomic E-state index is 0.626. The van der Waals surface area contributed by atoms with Crippen LogP contribution in [0, 0.1) is 0 Å². The maximum absolute atomic E-state index is 5.86. The van der Waals surface area contributed by atoms with Crippen molar-refractivity contribution in [2.24, 2.45) is 0 Å². The van der Waals surface area contributed by atoms with Crippen molar-refractivity contribution < 1.29 is 0 Å². The second kappa shape index (κ2) is 25.7. The summed E-state index contributed by atoms with van der Waals surface area (Å²) in [5.74, 6) is 1.92. The lowest BCUT2D eigenvalue weighted by molar-refractivity contribution is 1.01. The van der Waals surface area contributed by atoms with E-state index in [0.29, 0.717) is 17.8 Å². The van der Waals surface area contributed by atoms with Crippen LogP contribution >= 0.6 is 35.3 Å². The Kier molecular flexibility index (Phi) is 13.7. The first kappa shape index (κ1) is 71.3. The number of fused-ring (bicyclic) bond motifs is 37. The van der Waals surface area contributed by atoms with Crippen molar-refractivity contribution in [3.05, 3.63) is 370 Å². The van der Waals surface area contributed by atoms with Crippen LogP contribution in [-0.2, 0) is 0 Å². The highest BCUT2D eigenvalue weighted by molar-refractivity contribution is 8.00. The zero-order valence-electron chi connectivity index (χ0n) is 71.0. The predicted octanol–water partition coefficient (Wildman–Crippen LogP) is 33.1. The van der Waals surface area contributed by atoms with E-state index in [1.54, 1.807) is 35.3 Å². The number of nitrogens with zero attached hydrogens (tertiary/aromatic N) is 9. The summed E-state index contributed by atoms with van der Waals surface area (Å²) >= 11 is 5.39. The van der Waals surface area contributed by atoms with Crippen molar-refractivity contribution in [1.29, 1.82) is 0 Å². The fraction of sp³-hybridized carbons (Fsp3) is 0. The van der Waals surface area contributed by atoms with E-state index in [0.717, 1.165) is 164 Å². The molecule has 0 saturated heterocycles. The molecule has 0 amide bonds. The van der Waals surface area contributed by atoms with Crippen molar-refractivity contribution >= 4 is 220 Å². The SMILES string of the molecule is c1ccc2c(c1)Sc1cccc3nc(-n4c5ccc6c(-c7ccc8c(c7)-c7cccc9c7c-8cc7c8c%10ccccc%10ccc8n(-c8nc%10c%11c(cccc%11n8)Sc8ccccc8-%10)c97)cccc6c5c5c6cccc7c6c(cc54)-c4cc(-c5ccc6c8c9c%10ccccc%10c%10ccccc%10c9c9ccccc9c8n(-c8nc9c%10c(cccc%10n8)Sc8ccccc8-9)c6c5)ccc4-7)nc-2c13. The zero-order valence-corrected chi connectivity index (χ0v) is 73.4. The lowest BCUT2D eigenvalue weighted by Gasteiger charge is -2.20. The maximum Gasteiger partial charge on any atom is 0.235 e. The molecule has 28 aromatic rings. The zero-order chi connectivity index (χ0) is 86.4. The highest BCUT2D eigenvalue weighted by atomic mass is 32.2. The van der Waals surface area contributed by atoms with E-state index in [9.17, 15) is 0 Å². The van der Waals surface area contributed by atoms with E-state index in [4.69, 9.17) is 29.9 Å². The summed E-state index contributed by atoms with van der Waals surface area (Å²) in [6, 6.07) is 138. The molecule has 0 saturated carbocycles. The first-order valence-corrected chi connectivity index (χ1v) is 48.1. The standard InChI is InChI=1S/C122H61N9S3/c1-2-22-67-62(21-1)50-55-94-106(67)90-60-88-72-52-49-65(58-86(72)78-35-17-37-85(105(78)88)118(90)130(94)121-124-92-39-19-45-102-113(92)116(127-121)82-30-10-13-42-99(82)133-102)66-32-15-34-75-70(66)54-56-95-108(75)109-84-36-16-33-73-71-51-47-63(57-87(71)89(104(73)84)61-97(109)129(95)120-123-91-38-18-44-101-112(91)115(126-120)81-29-9-12-41-98(81)132-101)64-48-53-80-96(59-64)131(122-125-93-40-20-46-103-114(93)117(128-122)83-31-11-14-43-100(83)134-103)119-79-28-8-7-27-77(79)107-74-25-5-3-23-68(74)69-24-4-6-26-76(69)110(107)111(80)119/h1-61H. The van der Waals surface area contributed by atoms with Gasteiger partial charge in [0.1, 0.15) is 0 Å². The summed E-state index contributed by atoms with van der Waals surface area (Å²) in [6.07, 6.45) is 0. The highest BCUT2D eigenvalue weighted by Gasteiger charge is 2.36. The average Bonchev–Trinajstić information content (AvgIpc) is 1.51. The van der Waals surface area contributed by atoms with Crippen LogP contribution < -0.4 is 0 Å². The van der Waals surface area contributed by atoms with Crippen LogP contribution in [0.3, 0.4) is 0 Å². The molecule has 5 aliphatic rings. The van der Waals surface area contributed by atoms with Gasteiger partial charge in [-0.2, -0.15) is 0 Å². The first-order chi connectivity index (χ1) is 66.5. The van der Waals surface area contributed by atoms with E-state index >= 15 is 0 Å². The summed E-state index contributed by atoms with van der Waals surface area (Å²) in [5, 5.41) is 29.5. The number of benzene rings is 22. The van der Waals surface area contributed by atoms with Gasteiger partial charge in [-0.1, -0.05) is 308 Å². The Morgan fingerprint density at radius 1 is 0.164 bits per heavy atom. The molecule has 0 bridgehead atoms. The molecule has 12 heteroatoms. The molecular formula is C122H61N9S3. The fourth-order valence-corrected chi connectivity index (χ4v) is 27.7. The lowest BCUT2D eigenvalue weighted by atomic mass is 9.88.